The van der Waals surface area contributed by atoms with Crippen LogP contribution in [0.15, 0.2) is 35.3 Å². The van der Waals surface area contributed by atoms with Gasteiger partial charge in [0.15, 0.2) is 5.96 Å². The summed E-state index contributed by atoms with van der Waals surface area (Å²) in [6.45, 7) is 10.1. The molecule has 0 aliphatic rings. The SMILES string of the molecule is CCNC(=NCc1cc(N(C)C)nc2ccccc12)NC(C)C(C)C.I. The van der Waals surface area contributed by atoms with Gasteiger partial charge in [0.25, 0.3) is 0 Å². The molecule has 0 aliphatic heterocycles. The minimum atomic E-state index is 0. The van der Waals surface area contributed by atoms with E-state index in [1.54, 1.807) is 0 Å². The van der Waals surface area contributed by atoms with Crippen molar-refractivity contribution in [3.8, 4) is 0 Å². The van der Waals surface area contributed by atoms with Gasteiger partial charge in [0.2, 0.25) is 0 Å². The summed E-state index contributed by atoms with van der Waals surface area (Å²) in [5.74, 6) is 2.36. The van der Waals surface area contributed by atoms with Crippen molar-refractivity contribution in [2.45, 2.75) is 40.3 Å². The second-order valence-corrected chi connectivity index (χ2v) is 6.92. The zero-order chi connectivity index (χ0) is 18.4. The van der Waals surface area contributed by atoms with Crippen LogP contribution in [0.25, 0.3) is 10.9 Å². The van der Waals surface area contributed by atoms with Gasteiger partial charge in [-0.05, 0) is 37.5 Å². The van der Waals surface area contributed by atoms with Crippen molar-refractivity contribution in [1.82, 2.24) is 15.6 Å². The van der Waals surface area contributed by atoms with E-state index in [4.69, 9.17) is 9.98 Å². The number of anilines is 1. The van der Waals surface area contributed by atoms with Crippen LogP contribution in [0.5, 0.6) is 0 Å². The van der Waals surface area contributed by atoms with Gasteiger partial charge < -0.3 is 15.5 Å². The summed E-state index contributed by atoms with van der Waals surface area (Å²) < 4.78 is 0. The molecule has 0 saturated heterocycles. The Kier molecular flexibility index (Phi) is 9.12. The Labute approximate surface area is 174 Å². The van der Waals surface area contributed by atoms with E-state index in [1.165, 1.54) is 5.56 Å². The summed E-state index contributed by atoms with van der Waals surface area (Å²) in [7, 11) is 4.03. The Bertz CT molecular complexity index is 727. The van der Waals surface area contributed by atoms with E-state index in [0.717, 1.165) is 29.2 Å². The number of aliphatic imine (C=N–C) groups is 1. The van der Waals surface area contributed by atoms with Crippen molar-refractivity contribution in [2.24, 2.45) is 10.9 Å². The molecule has 0 spiro atoms. The molecule has 2 aromatic rings. The summed E-state index contributed by atoms with van der Waals surface area (Å²) in [6, 6.07) is 10.7. The van der Waals surface area contributed by atoms with Crippen LogP contribution >= 0.6 is 24.0 Å². The molecular weight excluding hydrogens is 437 g/mol. The molecular formula is C20H32IN5. The number of halogens is 1. The Morgan fingerprint density at radius 3 is 2.50 bits per heavy atom. The standard InChI is InChI=1S/C20H31N5.HI/c1-7-21-20(23-15(4)14(2)3)22-13-16-12-19(25(5)6)24-18-11-9-8-10-17(16)18;/h8-12,14-15H,7,13H2,1-6H3,(H2,21,22,23);1H. The molecule has 1 aromatic carbocycles. The maximum absolute atomic E-state index is 4.80. The summed E-state index contributed by atoms with van der Waals surface area (Å²) in [5, 5.41) is 7.98. The summed E-state index contributed by atoms with van der Waals surface area (Å²) in [5.41, 5.74) is 2.19. The minimum absolute atomic E-state index is 0. The molecule has 5 nitrogen and oxygen atoms in total. The number of pyridine rings is 1. The lowest BCUT2D eigenvalue weighted by Crippen LogP contribution is -2.44. The van der Waals surface area contributed by atoms with Crippen LogP contribution in [0, 0.1) is 5.92 Å². The highest BCUT2D eigenvalue weighted by molar-refractivity contribution is 14.0. The highest BCUT2D eigenvalue weighted by Gasteiger charge is 2.10. The molecule has 2 N–H and O–H groups in total. The maximum atomic E-state index is 4.80. The van der Waals surface area contributed by atoms with Gasteiger partial charge in [0.1, 0.15) is 5.82 Å². The molecule has 0 bridgehead atoms. The van der Waals surface area contributed by atoms with Crippen molar-refractivity contribution in [2.75, 3.05) is 25.5 Å². The Morgan fingerprint density at radius 1 is 1.19 bits per heavy atom. The van der Waals surface area contributed by atoms with E-state index >= 15 is 0 Å². The first-order valence-corrected chi connectivity index (χ1v) is 9.03. The van der Waals surface area contributed by atoms with Crippen LogP contribution in [0.3, 0.4) is 0 Å². The Morgan fingerprint density at radius 2 is 1.88 bits per heavy atom. The van der Waals surface area contributed by atoms with Gasteiger partial charge in [-0.3, -0.25) is 0 Å². The fourth-order valence-electron chi connectivity index (χ4n) is 2.46. The molecule has 1 unspecified atom stereocenters. The van der Waals surface area contributed by atoms with Gasteiger partial charge >= 0.3 is 0 Å². The molecule has 0 aliphatic carbocycles. The van der Waals surface area contributed by atoms with Crippen LogP contribution in [-0.4, -0.2) is 37.6 Å². The molecule has 1 atom stereocenters. The first-order chi connectivity index (χ1) is 11.9. The number of rotatable bonds is 6. The summed E-state index contributed by atoms with van der Waals surface area (Å²) in [4.78, 5) is 11.6. The fraction of sp³-hybridized carbons (Fsp3) is 0.500. The molecule has 0 amide bonds. The zero-order valence-electron chi connectivity index (χ0n) is 16.7. The van der Waals surface area contributed by atoms with E-state index in [1.807, 2.05) is 25.1 Å². The zero-order valence-corrected chi connectivity index (χ0v) is 19.0. The number of nitrogens with zero attached hydrogens (tertiary/aromatic N) is 3. The smallest absolute Gasteiger partial charge is 0.191 e. The lowest BCUT2D eigenvalue weighted by molar-refractivity contribution is 0.481. The van der Waals surface area contributed by atoms with Gasteiger partial charge in [0, 0.05) is 32.1 Å². The number of fused-ring (bicyclic) bond motifs is 1. The van der Waals surface area contributed by atoms with E-state index in [-0.39, 0.29) is 24.0 Å². The third-order valence-electron chi connectivity index (χ3n) is 4.36. The quantitative estimate of drug-likeness (QED) is 0.381. The second-order valence-electron chi connectivity index (χ2n) is 6.92. The third-order valence-corrected chi connectivity index (χ3v) is 4.36. The first-order valence-electron chi connectivity index (χ1n) is 9.03. The molecule has 2 rings (SSSR count). The monoisotopic (exact) mass is 469 g/mol. The average molecular weight is 469 g/mol. The van der Waals surface area contributed by atoms with Gasteiger partial charge in [0.05, 0.1) is 12.1 Å². The topological polar surface area (TPSA) is 52.6 Å². The van der Waals surface area contributed by atoms with Crippen LogP contribution in [0.1, 0.15) is 33.3 Å². The molecule has 0 saturated carbocycles. The lowest BCUT2D eigenvalue weighted by Gasteiger charge is -2.21. The minimum Gasteiger partial charge on any atom is -0.363 e. The van der Waals surface area contributed by atoms with E-state index in [0.29, 0.717) is 18.5 Å². The van der Waals surface area contributed by atoms with Crippen LogP contribution < -0.4 is 15.5 Å². The third kappa shape index (κ3) is 6.00. The van der Waals surface area contributed by atoms with Crippen molar-refractivity contribution < 1.29 is 0 Å². The van der Waals surface area contributed by atoms with Gasteiger partial charge in [-0.25, -0.2) is 9.98 Å². The van der Waals surface area contributed by atoms with Crippen LogP contribution in [0.4, 0.5) is 5.82 Å². The molecule has 144 valence electrons. The van der Waals surface area contributed by atoms with Gasteiger partial charge in [-0.1, -0.05) is 32.0 Å². The normalized spacial score (nSPS) is 12.7. The molecule has 1 aromatic heterocycles. The highest BCUT2D eigenvalue weighted by Crippen LogP contribution is 2.22. The largest absolute Gasteiger partial charge is 0.363 e. The molecule has 26 heavy (non-hydrogen) atoms. The molecule has 1 heterocycles. The summed E-state index contributed by atoms with van der Waals surface area (Å²) in [6.07, 6.45) is 0. The van der Waals surface area contributed by atoms with E-state index in [9.17, 15) is 0 Å². The Hall–Kier alpha value is -1.57. The number of hydrogen-bond donors (Lipinski definition) is 2. The molecule has 0 radical (unpaired) electrons. The van der Waals surface area contributed by atoms with Crippen LogP contribution in [0.2, 0.25) is 0 Å². The number of guanidine groups is 1. The van der Waals surface area contributed by atoms with Gasteiger partial charge in [-0.15, -0.1) is 24.0 Å². The number of aromatic nitrogens is 1. The van der Waals surface area contributed by atoms with E-state index < -0.39 is 0 Å². The predicted molar refractivity (Wildman–Crippen MR) is 124 cm³/mol. The van der Waals surface area contributed by atoms with Crippen molar-refractivity contribution in [3.63, 3.8) is 0 Å². The van der Waals surface area contributed by atoms with Crippen molar-refractivity contribution in [3.05, 3.63) is 35.9 Å². The van der Waals surface area contributed by atoms with E-state index in [2.05, 4.69) is 62.6 Å². The number of benzene rings is 1. The predicted octanol–water partition coefficient (Wildman–Crippen LogP) is 4.02. The Balaban J connectivity index is 0.00000338. The second kappa shape index (κ2) is 10.5. The van der Waals surface area contributed by atoms with Crippen LogP contribution in [-0.2, 0) is 6.54 Å². The number of hydrogen-bond acceptors (Lipinski definition) is 3. The number of para-hydroxylation sites is 1. The molecule has 0 fully saturated rings. The lowest BCUT2D eigenvalue weighted by atomic mass is 10.1. The van der Waals surface area contributed by atoms with Crippen molar-refractivity contribution in [1.29, 1.82) is 0 Å². The highest BCUT2D eigenvalue weighted by atomic mass is 127. The number of nitrogens with one attached hydrogen (secondary N) is 2. The maximum Gasteiger partial charge on any atom is 0.191 e. The first kappa shape index (κ1) is 22.5. The van der Waals surface area contributed by atoms with Crippen molar-refractivity contribution >= 4 is 46.7 Å². The fourth-order valence-corrected chi connectivity index (χ4v) is 2.46. The average Bonchev–Trinajstić information content (AvgIpc) is 2.59. The van der Waals surface area contributed by atoms with Gasteiger partial charge in [-0.2, -0.15) is 0 Å². The molecule has 6 heteroatoms. The summed E-state index contributed by atoms with van der Waals surface area (Å²) >= 11 is 0.